The van der Waals surface area contributed by atoms with E-state index in [9.17, 15) is 14.9 Å². The van der Waals surface area contributed by atoms with Crippen molar-refractivity contribution in [2.45, 2.75) is 20.3 Å². The van der Waals surface area contributed by atoms with Gasteiger partial charge in [0.25, 0.3) is 5.69 Å². The highest BCUT2D eigenvalue weighted by Crippen LogP contribution is 2.25. The highest BCUT2D eigenvalue weighted by atomic mass is 16.6. The van der Waals surface area contributed by atoms with Crippen molar-refractivity contribution in [1.82, 2.24) is 4.90 Å². The van der Waals surface area contributed by atoms with Gasteiger partial charge in [-0.15, -0.1) is 0 Å². The zero-order valence-electron chi connectivity index (χ0n) is 13.7. The highest BCUT2D eigenvalue weighted by molar-refractivity contribution is 5.71. The fourth-order valence-corrected chi connectivity index (χ4v) is 2.87. The van der Waals surface area contributed by atoms with Crippen LogP contribution in [0.25, 0.3) is 0 Å². The predicted molar refractivity (Wildman–Crippen MR) is 87.7 cm³/mol. The number of nitrogens with zero attached hydrogens (tertiary/aromatic N) is 3. The SMILES string of the molecule is CCOC(=O)CN1CCCN(c2ccc([N+](=O)[O-])cc2C)CC1. The molecule has 1 aromatic rings. The average molecular weight is 321 g/mol. The first-order valence-corrected chi connectivity index (χ1v) is 7.89. The summed E-state index contributed by atoms with van der Waals surface area (Å²) in [5, 5.41) is 10.8. The molecule has 0 amide bonds. The standard InChI is InChI=1S/C16H23N3O4/c1-3-23-16(20)12-17-7-4-8-18(10-9-17)15-6-5-14(19(21)22)11-13(15)2/h5-6,11H,3-4,7-10,12H2,1-2H3. The number of aryl methyl sites for hydroxylation is 1. The second kappa shape index (κ2) is 7.92. The van der Waals surface area contributed by atoms with Crippen LogP contribution >= 0.6 is 0 Å². The minimum atomic E-state index is -0.375. The van der Waals surface area contributed by atoms with Crippen LogP contribution in [0.1, 0.15) is 18.9 Å². The summed E-state index contributed by atoms with van der Waals surface area (Å²) in [6.07, 6.45) is 0.940. The Hall–Kier alpha value is -2.15. The molecule has 0 atom stereocenters. The van der Waals surface area contributed by atoms with Gasteiger partial charge in [0.1, 0.15) is 0 Å². The van der Waals surface area contributed by atoms with Crippen molar-refractivity contribution in [3.8, 4) is 0 Å². The molecule has 0 N–H and O–H groups in total. The van der Waals surface area contributed by atoms with Gasteiger partial charge in [-0.25, -0.2) is 0 Å². The fraction of sp³-hybridized carbons (Fsp3) is 0.562. The third kappa shape index (κ3) is 4.66. The van der Waals surface area contributed by atoms with Gasteiger partial charge in [0.05, 0.1) is 18.1 Å². The van der Waals surface area contributed by atoms with Gasteiger partial charge in [-0.1, -0.05) is 0 Å². The average Bonchev–Trinajstić information content (AvgIpc) is 2.73. The Labute approximate surface area is 136 Å². The maximum Gasteiger partial charge on any atom is 0.320 e. The van der Waals surface area contributed by atoms with E-state index in [1.807, 2.05) is 13.0 Å². The molecule has 2 rings (SSSR count). The smallest absolute Gasteiger partial charge is 0.320 e. The van der Waals surface area contributed by atoms with E-state index in [4.69, 9.17) is 4.74 Å². The lowest BCUT2D eigenvalue weighted by molar-refractivity contribution is -0.384. The Bertz CT molecular complexity index is 576. The normalized spacial score (nSPS) is 16.0. The van der Waals surface area contributed by atoms with E-state index in [1.165, 1.54) is 0 Å². The Morgan fingerprint density at radius 3 is 2.74 bits per heavy atom. The Kier molecular flexibility index (Phi) is 5.92. The number of rotatable bonds is 5. The third-order valence-corrected chi connectivity index (χ3v) is 3.98. The molecule has 0 aromatic heterocycles. The molecule has 0 saturated carbocycles. The van der Waals surface area contributed by atoms with Crippen LogP contribution in [0.3, 0.4) is 0 Å². The van der Waals surface area contributed by atoms with E-state index >= 15 is 0 Å². The quantitative estimate of drug-likeness (QED) is 0.469. The van der Waals surface area contributed by atoms with Gasteiger partial charge in [0.2, 0.25) is 0 Å². The summed E-state index contributed by atoms with van der Waals surface area (Å²) in [6, 6.07) is 4.97. The van der Waals surface area contributed by atoms with Crippen LogP contribution in [0.15, 0.2) is 18.2 Å². The number of hydrogen-bond donors (Lipinski definition) is 0. The van der Waals surface area contributed by atoms with Crippen molar-refractivity contribution >= 4 is 17.3 Å². The van der Waals surface area contributed by atoms with Crippen LogP contribution in [-0.2, 0) is 9.53 Å². The highest BCUT2D eigenvalue weighted by Gasteiger charge is 2.19. The van der Waals surface area contributed by atoms with Crippen LogP contribution < -0.4 is 4.90 Å². The molecule has 23 heavy (non-hydrogen) atoms. The van der Waals surface area contributed by atoms with Gasteiger partial charge >= 0.3 is 5.97 Å². The lowest BCUT2D eigenvalue weighted by Crippen LogP contribution is -2.35. The summed E-state index contributed by atoms with van der Waals surface area (Å²) in [6.45, 7) is 7.71. The van der Waals surface area contributed by atoms with E-state index in [0.29, 0.717) is 13.2 Å². The molecule has 1 fully saturated rings. The van der Waals surface area contributed by atoms with Crippen molar-refractivity contribution in [2.75, 3.05) is 44.2 Å². The molecule has 7 heteroatoms. The van der Waals surface area contributed by atoms with Gasteiger partial charge in [0, 0.05) is 44.0 Å². The molecule has 1 aromatic carbocycles. The van der Waals surface area contributed by atoms with Crippen molar-refractivity contribution in [3.63, 3.8) is 0 Å². The van der Waals surface area contributed by atoms with Gasteiger partial charge in [-0.3, -0.25) is 19.8 Å². The van der Waals surface area contributed by atoms with Crippen LogP contribution in [0.2, 0.25) is 0 Å². The van der Waals surface area contributed by atoms with Gasteiger partial charge in [-0.05, 0) is 31.9 Å². The minimum absolute atomic E-state index is 0.116. The van der Waals surface area contributed by atoms with Gasteiger partial charge in [-0.2, -0.15) is 0 Å². The third-order valence-electron chi connectivity index (χ3n) is 3.98. The summed E-state index contributed by atoms with van der Waals surface area (Å²) >= 11 is 0. The topological polar surface area (TPSA) is 75.9 Å². The molecular formula is C16H23N3O4. The lowest BCUT2D eigenvalue weighted by atomic mass is 10.1. The molecule has 0 aliphatic carbocycles. The molecule has 126 valence electrons. The van der Waals surface area contributed by atoms with Crippen LogP contribution in [-0.4, -0.2) is 55.1 Å². The summed E-state index contributed by atoms with van der Waals surface area (Å²) in [4.78, 5) is 26.4. The van der Waals surface area contributed by atoms with Crippen molar-refractivity contribution < 1.29 is 14.5 Å². The zero-order chi connectivity index (χ0) is 16.8. The maximum atomic E-state index is 11.6. The maximum absolute atomic E-state index is 11.6. The Morgan fingerprint density at radius 2 is 2.09 bits per heavy atom. The van der Waals surface area contributed by atoms with Crippen LogP contribution in [0.5, 0.6) is 0 Å². The van der Waals surface area contributed by atoms with E-state index in [0.717, 1.165) is 43.9 Å². The first-order valence-electron chi connectivity index (χ1n) is 7.89. The molecule has 0 spiro atoms. The number of carbonyl (C=O) groups excluding carboxylic acids is 1. The second-order valence-corrected chi connectivity index (χ2v) is 5.65. The number of esters is 1. The zero-order valence-corrected chi connectivity index (χ0v) is 13.7. The molecule has 7 nitrogen and oxygen atoms in total. The molecular weight excluding hydrogens is 298 g/mol. The number of ether oxygens (including phenoxy) is 1. The fourth-order valence-electron chi connectivity index (χ4n) is 2.87. The van der Waals surface area contributed by atoms with Crippen molar-refractivity contribution in [2.24, 2.45) is 0 Å². The first-order chi connectivity index (χ1) is 11.0. The number of anilines is 1. The molecule has 1 saturated heterocycles. The Morgan fingerprint density at radius 1 is 1.30 bits per heavy atom. The van der Waals surface area contributed by atoms with Crippen LogP contribution in [0.4, 0.5) is 11.4 Å². The van der Waals surface area contributed by atoms with Crippen LogP contribution in [0, 0.1) is 17.0 Å². The van der Waals surface area contributed by atoms with Crippen molar-refractivity contribution in [1.29, 1.82) is 0 Å². The van der Waals surface area contributed by atoms with Gasteiger partial charge in [0.15, 0.2) is 0 Å². The molecule has 0 unspecified atom stereocenters. The number of nitro benzene ring substituents is 1. The Balaban J connectivity index is 2.00. The van der Waals surface area contributed by atoms with E-state index < -0.39 is 0 Å². The number of carbonyl (C=O) groups is 1. The summed E-state index contributed by atoms with van der Waals surface area (Å²) in [5.41, 5.74) is 2.04. The molecule has 1 aliphatic rings. The van der Waals surface area contributed by atoms with E-state index in [2.05, 4.69) is 9.80 Å². The van der Waals surface area contributed by atoms with Crippen molar-refractivity contribution in [3.05, 3.63) is 33.9 Å². The number of hydrogen-bond acceptors (Lipinski definition) is 6. The molecule has 0 radical (unpaired) electrons. The summed E-state index contributed by atoms with van der Waals surface area (Å²) in [5.74, 6) is -0.188. The minimum Gasteiger partial charge on any atom is -0.465 e. The van der Waals surface area contributed by atoms with E-state index in [-0.39, 0.29) is 16.6 Å². The summed E-state index contributed by atoms with van der Waals surface area (Å²) < 4.78 is 4.99. The number of nitro groups is 1. The monoisotopic (exact) mass is 321 g/mol. The molecule has 0 bridgehead atoms. The molecule has 1 aliphatic heterocycles. The molecule has 1 heterocycles. The number of benzene rings is 1. The first kappa shape index (κ1) is 17.2. The largest absolute Gasteiger partial charge is 0.465 e. The second-order valence-electron chi connectivity index (χ2n) is 5.65. The van der Waals surface area contributed by atoms with E-state index in [1.54, 1.807) is 19.1 Å². The number of non-ortho nitro benzene ring substituents is 1. The summed E-state index contributed by atoms with van der Waals surface area (Å²) in [7, 11) is 0. The predicted octanol–water partition coefficient (Wildman–Crippen LogP) is 1.98. The lowest BCUT2D eigenvalue weighted by Gasteiger charge is -2.25. The van der Waals surface area contributed by atoms with Gasteiger partial charge < -0.3 is 9.64 Å².